The van der Waals surface area contributed by atoms with E-state index in [0.29, 0.717) is 0 Å². The van der Waals surface area contributed by atoms with Gasteiger partial charge in [0.1, 0.15) is 0 Å². The number of aromatic nitrogens is 9. The van der Waals surface area contributed by atoms with Gasteiger partial charge in [0.25, 0.3) is 0 Å². The SMILES string of the molecule is CC[N+](CC)(CC)CC.Cc1cc(C)n([BH-](n2nc(C)cc2C)n2nc(C)cc2C)n1.F[P-](F)(F)(F)(F)F.F[P-](F)(F)(F)(F)F.[Cu+2].[Cu+2].[S-2].[S-2].[S-2].[W].c1ccncc1.c1ccncc1.c1ccncc1. The second-order valence-electron chi connectivity index (χ2n) is 13.8. The summed E-state index contributed by atoms with van der Waals surface area (Å²) in [6, 6.07) is 23.4. The summed E-state index contributed by atoms with van der Waals surface area (Å²) in [6.45, 7) is 26.5. The third kappa shape index (κ3) is 46.7. The fraction of sp³-hybridized carbons (Fsp3) is 0.368. The maximum atomic E-state index is 9.87. The Hall–Kier alpha value is -2.10. The second kappa shape index (κ2) is 32.9. The monoisotopic (exact) mass is 1360 g/mol. The van der Waals surface area contributed by atoms with Gasteiger partial charge in [0.05, 0.1) is 43.3 Å². The Morgan fingerprint density at radius 1 is 0.406 bits per heavy atom. The predicted octanol–water partition coefficient (Wildman–Crippen LogP) is 13.7. The summed E-state index contributed by atoms with van der Waals surface area (Å²) in [5.41, 5.74) is 6.40. The summed E-state index contributed by atoms with van der Waals surface area (Å²) in [5.74, 6) is 0. The molecule has 0 amide bonds. The van der Waals surface area contributed by atoms with Gasteiger partial charge in [-0.3, -0.25) is 15.0 Å². The van der Waals surface area contributed by atoms with Crippen LogP contribution in [-0.2, 0) is 95.7 Å². The molecule has 2 radical (unpaired) electrons. The third-order valence-corrected chi connectivity index (χ3v) is 8.50. The van der Waals surface area contributed by atoms with Crippen molar-refractivity contribution >= 4 is 63.2 Å². The summed E-state index contributed by atoms with van der Waals surface area (Å²) in [7, 11) is -22.6. The first-order valence-corrected chi connectivity index (χ1v) is 23.4. The van der Waals surface area contributed by atoms with Gasteiger partial charge in [-0.15, -0.1) is 0 Å². The van der Waals surface area contributed by atoms with Crippen LogP contribution in [0.1, 0.15) is 61.9 Å². The standard InChI is InChI=1S/C15H22BN6.C8H20N.3C5H5N.2Cu.2F6P.3S.W/c1-10-7-13(4)20(17-10)16(21-14(5)8-11(2)18-21)22-15(6)9-12(3)19-22;1-5-9(6-2,7-3)8-4;3*1-2-4-6-5-3-1;;;2*1-7(2,3,4,5)6;;;;/h7-9,16H,1-6H3;5-8H2,1-4H3;3*1-5H;;;;;;;;/q-1;+1;;;;2*+2;2*-1;3*-2;. The molecule has 0 unspecified atom stereocenters. The van der Waals surface area contributed by atoms with Crippen molar-refractivity contribution in [3.63, 3.8) is 0 Å². The van der Waals surface area contributed by atoms with Gasteiger partial charge >= 0.3 is 107 Å². The van der Waals surface area contributed by atoms with E-state index in [4.69, 9.17) is 15.3 Å². The maximum Gasteiger partial charge on any atom is 2.00 e. The van der Waals surface area contributed by atoms with Crippen LogP contribution in [0.3, 0.4) is 0 Å². The molecule has 0 aliphatic heterocycles. The van der Waals surface area contributed by atoms with Gasteiger partial charge in [-0.25, -0.2) is 15.3 Å². The topological polar surface area (TPSA) is 92.1 Å². The first-order chi connectivity index (χ1) is 28.5. The Bertz CT molecular complexity index is 1860. The van der Waals surface area contributed by atoms with Gasteiger partial charge in [-0.1, -0.05) is 18.2 Å². The molecule has 0 atom stereocenters. The zero-order chi connectivity index (χ0) is 48.9. The molecule has 0 fully saturated rings. The van der Waals surface area contributed by atoms with E-state index in [2.05, 4.69) is 95.4 Å². The van der Waals surface area contributed by atoms with Gasteiger partial charge in [0.15, 0.2) is 0 Å². The minimum Gasteiger partial charge on any atom is -2.00 e. The van der Waals surface area contributed by atoms with Crippen LogP contribution in [0.5, 0.6) is 0 Å². The minimum atomic E-state index is -10.7. The van der Waals surface area contributed by atoms with Crippen LogP contribution >= 0.6 is 15.6 Å². The van der Waals surface area contributed by atoms with Gasteiger partial charge < -0.3 is 58.7 Å². The van der Waals surface area contributed by atoms with Crippen molar-refractivity contribution < 1.29 is 110 Å². The molecule has 6 heterocycles. The number of pyridine rings is 3. The number of nitrogens with zero attached hydrogens (tertiary/aromatic N) is 10. The van der Waals surface area contributed by atoms with Crippen molar-refractivity contribution in [3.8, 4) is 0 Å². The number of rotatable bonds is 7. The molecule has 0 aliphatic carbocycles. The van der Waals surface area contributed by atoms with Crippen LogP contribution in [0, 0.1) is 41.5 Å². The van der Waals surface area contributed by atoms with Crippen molar-refractivity contribution in [2.75, 3.05) is 26.2 Å². The minimum absolute atomic E-state index is 0. The Labute approximate surface area is 453 Å². The second-order valence-corrected chi connectivity index (χ2v) is 17.6. The average Bonchev–Trinajstić information content (AvgIpc) is 3.82. The van der Waals surface area contributed by atoms with Crippen LogP contribution in [0.15, 0.2) is 110 Å². The van der Waals surface area contributed by atoms with E-state index in [1.54, 1.807) is 37.2 Å². The fourth-order valence-corrected chi connectivity index (χ4v) is 5.54. The molecule has 6 aromatic rings. The van der Waals surface area contributed by atoms with E-state index in [1.807, 2.05) is 75.4 Å². The largest absolute Gasteiger partial charge is 2.00 e. The van der Waals surface area contributed by atoms with Crippen molar-refractivity contribution in [1.82, 2.24) is 44.0 Å². The van der Waals surface area contributed by atoms with Crippen LogP contribution in [0.4, 0.5) is 50.4 Å². The van der Waals surface area contributed by atoms with E-state index >= 15 is 0 Å². The Balaban J connectivity index is -0.000000139. The molecule has 406 valence electrons. The average molecular weight is 1360 g/mol. The third-order valence-electron chi connectivity index (χ3n) is 8.50. The summed E-state index contributed by atoms with van der Waals surface area (Å²) in [6.07, 6.45) is 10.5. The fourth-order valence-electron chi connectivity index (χ4n) is 5.54. The number of aryl methyl sites for hydroxylation is 6. The first kappa shape index (κ1) is 81.0. The molecule has 31 heteroatoms. The molecular weight excluding hydrogens is 1300 g/mol. The number of quaternary nitrogens is 1. The Morgan fingerprint density at radius 3 is 0.652 bits per heavy atom. The predicted molar refractivity (Wildman–Crippen MR) is 253 cm³/mol. The molecule has 0 spiro atoms. The Kier molecular flexibility index (Phi) is 38.6. The molecule has 0 aliphatic rings. The first-order valence-electron chi connectivity index (χ1n) is 19.3. The molecule has 0 saturated heterocycles. The van der Waals surface area contributed by atoms with E-state index in [1.165, 1.54) is 30.7 Å². The summed E-state index contributed by atoms with van der Waals surface area (Å²) in [5, 5.41) is 14.1. The quantitative estimate of drug-likeness (QED) is 0.0684. The number of hydrogen-bond acceptors (Lipinski definition) is 6. The molecule has 0 bridgehead atoms. The van der Waals surface area contributed by atoms with Gasteiger partial charge in [0, 0.05) is 58.2 Å². The zero-order valence-electron chi connectivity index (χ0n) is 39.1. The van der Waals surface area contributed by atoms with E-state index in [-0.39, 0.29) is 95.7 Å². The molecule has 0 aromatic carbocycles. The Morgan fingerprint density at radius 2 is 0.580 bits per heavy atom. The van der Waals surface area contributed by atoms with Crippen molar-refractivity contribution in [2.24, 2.45) is 0 Å². The van der Waals surface area contributed by atoms with Gasteiger partial charge in [-0.05, 0) is 141 Å². The zero-order valence-corrected chi connectivity index (χ0v) is 48.1. The van der Waals surface area contributed by atoms with Crippen LogP contribution in [-0.4, -0.2) is 81.8 Å². The summed E-state index contributed by atoms with van der Waals surface area (Å²) in [4.78, 5) is 11.4. The smallest absolute Gasteiger partial charge is 2.00 e. The molecule has 6 aromatic heterocycles. The van der Waals surface area contributed by atoms with Crippen LogP contribution in [0.2, 0.25) is 0 Å². The number of halogens is 12. The molecule has 6 rings (SSSR count). The van der Waals surface area contributed by atoms with E-state index in [9.17, 15) is 50.4 Å². The molecule has 10 nitrogen and oxygen atoms in total. The molecule has 69 heavy (non-hydrogen) atoms. The number of hydrogen-bond donors (Lipinski definition) is 0. The van der Waals surface area contributed by atoms with E-state index in [0.717, 1.165) is 34.2 Å². The molecule has 0 saturated carbocycles. The molecule has 0 N–H and O–H groups in total. The van der Waals surface area contributed by atoms with E-state index < -0.39 is 22.7 Å². The summed E-state index contributed by atoms with van der Waals surface area (Å²) >= 11 is 0. The molecular formula is C38H57BCu2F12N10P2S3W-4. The van der Waals surface area contributed by atoms with Crippen molar-refractivity contribution in [2.45, 2.75) is 69.2 Å². The van der Waals surface area contributed by atoms with Crippen LogP contribution in [0.25, 0.3) is 0 Å². The van der Waals surface area contributed by atoms with Gasteiger partial charge in [0.2, 0.25) is 0 Å². The van der Waals surface area contributed by atoms with Crippen molar-refractivity contribution in [1.29, 1.82) is 0 Å². The normalized spacial score (nSPS) is 12.0. The van der Waals surface area contributed by atoms with Gasteiger partial charge in [-0.2, -0.15) is 0 Å². The van der Waals surface area contributed by atoms with Crippen molar-refractivity contribution in [3.05, 3.63) is 144 Å². The maximum absolute atomic E-state index is 10.7. The van der Waals surface area contributed by atoms with Crippen LogP contribution < -0.4 is 0 Å². The summed E-state index contributed by atoms with van der Waals surface area (Å²) < 4.78 is 126.